The number of para-hydroxylation sites is 1. The highest BCUT2D eigenvalue weighted by atomic mass is 16.6. The van der Waals surface area contributed by atoms with Crippen molar-refractivity contribution in [2.75, 3.05) is 32.7 Å². The van der Waals surface area contributed by atoms with E-state index < -0.39 is 5.97 Å². The zero-order valence-electron chi connectivity index (χ0n) is 11.2. The molecule has 0 radical (unpaired) electrons. The van der Waals surface area contributed by atoms with Crippen LogP contribution in [0.1, 0.15) is 6.42 Å². The zero-order chi connectivity index (χ0) is 14.4. The van der Waals surface area contributed by atoms with Crippen LogP contribution in [0.15, 0.2) is 30.3 Å². The van der Waals surface area contributed by atoms with Gasteiger partial charge in [0, 0.05) is 32.7 Å². The lowest BCUT2D eigenvalue weighted by Crippen LogP contribution is -2.49. The van der Waals surface area contributed by atoms with Crippen molar-refractivity contribution >= 4 is 12.1 Å². The Bertz CT molecular complexity index is 456. The van der Waals surface area contributed by atoms with Crippen molar-refractivity contribution in [2.24, 2.45) is 0 Å². The van der Waals surface area contributed by atoms with E-state index in [1.54, 1.807) is 17.0 Å². The van der Waals surface area contributed by atoms with Crippen LogP contribution in [0, 0.1) is 0 Å². The molecule has 0 unspecified atom stereocenters. The van der Waals surface area contributed by atoms with Crippen LogP contribution in [0.4, 0.5) is 4.79 Å². The summed E-state index contributed by atoms with van der Waals surface area (Å²) in [6.07, 6.45) is -0.219. The summed E-state index contributed by atoms with van der Waals surface area (Å²) in [5.41, 5.74) is 0. The van der Waals surface area contributed by atoms with E-state index in [0.29, 0.717) is 38.5 Å². The average Bonchev–Trinajstić information content (AvgIpc) is 2.46. The van der Waals surface area contributed by atoms with Gasteiger partial charge in [-0.3, -0.25) is 9.69 Å². The second-order valence-electron chi connectivity index (χ2n) is 4.65. The number of carboxylic acid groups (broad SMARTS) is 1. The highest BCUT2D eigenvalue weighted by Crippen LogP contribution is 2.11. The molecule has 6 nitrogen and oxygen atoms in total. The smallest absolute Gasteiger partial charge is 0.415 e. The number of ether oxygens (including phenoxy) is 1. The highest BCUT2D eigenvalue weighted by molar-refractivity contribution is 5.70. The van der Waals surface area contributed by atoms with Gasteiger partial charge in [-0.15, -0.1) is 0 Å². The molecular formula is C14H18N2O4. The van der Waals surface area contributed by atoms with E-state index in [-0.39, 0.29) is 12.5 Å². The summed E-state index contributed by atoms with van der Waals surface area (Å²) < 4.78 is 5.26. The number of nitrogens with zero attached hydrogens (tertiary/aromatic N) is 2. The van der Waals surface area contributed by atoms with Crippen molar-refractivity contribution in [3.8, 4) is 5.75 Å². The van der Waals surface area contributed by atoms with E-state index in [1.807, 2.05) is 23.1 Å². The minimum Gasteiger partial charge on any atom is -0.481 e. The topological polar surface area (TPSA) is 70.1 Å². The number of carbonyl (C=O) groups is 2. The molecule has 1 aliphatic heterocycles. The largest absolute Gasteiger partial charge is 0.481 e. The lowest BCUT2D eigenvalue weighted by atomic mass is 10.3. The standard InChI is InChI=1S/C14H18N2O4/c17-13(18)6-7-15-8-10-16(11-9-15)14(19)20-12-4-2-1-3-5-12/h1-5H,6-11H2,(H,17,18). The van der Waals surface area contributed by atoms with Gasteiger partial charge in [0.25, 0.3) is 0 Å². The SMILES string of the molecule is O=C(O)CCN1CCN(C(=O)Oc2ccccc2)CC1. The first-order chi connectivity index (χ1) is 9.65. The first-order valence-electron chi connectivity index (χ1n) is 6.61. The fourth-order valence-electron chi connectivity index (χ4n) is 2.06. The lowest BCUT2D eigenvalue weighted by molar-refractivity contribution is -0.137. The Morgan fingerprint density at radius 1 is 1.10 bits per heavy atom. The third-order valence-corrected chi connectivity index (χ3v) is 3.22. The molecule has 108 valence electrons. The summed E-state index contributed by atoms with van der Waals surface area (Å²) in [5.74, 6) is -0.262. The molecule has 2 rings (SSSR count). The van der Waals surface area contributed by atoms with Gasteiger partial charge < -0.3 is 14.7 Å². The van der Waals surface area contributed by atoms with E-state index in [0.717, 1.165) is 0 Å². The van der Waals surface area contributed by atoms with Gasteiger partial charge in [0.1, 0.15) is 5.75 Å². The lowest BCUT2D eigenvalue weighted by Gasteiger charge is -2.33. The van der Waals surface area contributed by atoms with Gasteiger partial charge in [-0.2, -0.15) is 0 Å². The van der Waals surface area contributed by atoms with Gasteiger partial charge in [0.05, 0.1) is 6.42 Å². The Morgan fingerprint density at radius 2 is 1.75 bits per heavy atom. The van der Waals surface area contributed by atoms with Crippen LogP contribution in [0.25, 0.3) is 0 Å². The molecule has 1 saturated heterocycles. The van der Waals surface area contributed by atoms with Crippen molar-refractivity contribution in [3.05, 3.63) is 30.3 Å². The molecule has 1 fully saturated rings. The molecule has 0 atom stereocenters. The van der Waals surface area contributed by atoms with Crippen molar-refractivity contribution in [3.63, 3.8) is 0 Å². The molecule has 0 aromatic heterocycles. The number of piperazine rings is 1. The van der Waals surface area contributed by atoms with E-state index in [4.69, 9.17) is 9.84 Å². The third kappa shape index (κ3) is 4.24. The molecule has 0 saturated carbocycles. The second-order valence-corrected chi connectivity index (χ2v) is 4.65. The number of aliphatic carboxylic acids is 1. The van der Waals surface area contributed by atoms with Crippen LogP contribution in [0.3, 0.4) is 0 Å². The van der Waals surface area contributed by atoms with Gasteiger partial charge in [0.2, 0.25) is 0 Å². The number of benzene rings is 1. The molecule has 1 aliphatic rings. The van der Waals surface area contributed by atoms with Crippen LogP contribution in [-0.4, -0.2) is 59.7 Å². The van der Waals surface area contributed by atoms with Crippen LogP contribution >= 0.6 is 0 Å². The molecular weight excluding hydrogens is 260 g/mol. The number of hydrogen-bond acceptors (Lipinski definition) is 4. The first kappa shape index (κ1) is 14.3. The van der Waals surface area contributed by atoms with Crippen LogP contribution in [-0.2, 0) is 4.79 Å². The van der Waals surface area contributed by atoms with E-state index in [2.05, 4.69) is 0 Å². The van der Waals surface area contributed by atoms with E-state index in [9.17, 15) is 9.59 Å². The van der Waals surface area contributed by atoms with Gasteiger partial charge in [0.15, 0.2) is 0 Å². The molecule has 1 amide bonds. The number of amides is 1. The first-order valence-corrected chi connectivity index (χ1v) is 6.61. The average molecular weight is 278 g/mol. The van der Waals surface area contributed by atoms with E-state index >= 15 is 0 Å². The summed E-state index contributed by atoms with van der Waals surface area (Å²) in [7, 11) is 0. The quantitative estimate of drug-likeness (QED) is 0.898. The fourth-order valence-corrected chi connectivity index (χ4v) is 2.06. The summed E-state index contributed by atoms with van der Waals surface area (Å²) in [5, 5.41) is 8.64. The van der Waals surface area contributed by atoms with Gasteiger partial charge in [-0.05, 0) is 12.1 Å². The maximum Gasteiger partial charge on any atom is 0.415 e. The number of carbonyl (C=O) groups excluding carboxylic acids is 1. The van der Waals surface area contributed by atoms with Crippen molar-refractivity contribution in [1.29, 1.82) is 0 Å². The summed E-state index contributed by atoms with van der Waals surface area (Å²) in [4.78, 5) is 26.1. The predicted octanol–water partition coefficient (Wildman–Crippen LogP) is 1.28. The third-order valence-electron chi connectivity index (χ3n) is 3.22. The zero-order valence-corrected chi connectivity index (χ0v) is 11.2. The van der Waals surface area contributed by atoms with Crippen LogP contribution in [0.2, 0.25) is 0 Å². The summed E-state index contributed by atoms with van der Waals surface area (Å²) >= 11 is 0. The molecule has 6 heteroatoms. The Balaban J connectivity index is 1.76. The summed E-state index contributed by atoms with van der Waals surface area (Å²) in [6.45, 7) is 3.00. The summed E-state index contributed by atoms with van der Waals surface area (Å²) in [6, 6.07) is 8.96. The molecule has 0 spiro atoms. The Morgan fingerprint density at radius 3 is 2.35 bits per heavy atom. The molecule has 1 heterocycles. The predicted molar refractivity (Wildman–Crippen MR) is 72.7 cm³/mol. The molecule has 1 aromatic carbocycles. The van der Waals surface area contributed by atoms with Gasteiger partial charge in [-0.25, -0.2) is 4.79 Å². The molecule has 1 N–H and O–H groups in total. The Labute approximate surface area is 117 Å². The van der Waals surface area contributed by atoms with E-state index in [1.165, 1.54) is 0 Å². The molecule has 0 bridgehead atoms. The second kappa shape index (κ2) is 6.91. The minimum absolute atomic E-state index is 0.133. The van der Waals surface area contributed by atoms with Crippen molar-refractivity contribution < 1.29 is 19.4 Å². The van der Waals surface area contributed by atoms with Crippen molar-refractivity contribution in [1.82, 2.24) is 9.80 Å². The monoisotopic (exact) mass is 278 g/mol. The number of rotatable bonds is 4. The number of carboxylic acids is 1. The van der Waals surface area contributed by atoms with Crippen molar-refractivity contribution in [2.45, 2.75) is 6.42 Å². The minimum atomic E-state index is -0.795. The Kier molecular flexibility index (Phi) is 4.95. The van der Waals surface area contributed by atoms with Crippen LogP contribution < -0.4 is 4.74 Å². The molecule has 1 aromatic rings. The normalized spacial score (nSPS) is 15.9. The van der Waals surface area contributed by atoms with Gasteiger partial charge >= 0.3 is 12.1 Å². The molecule has 0 aliphatic carbocycles. The number of hydrogen-bond donors (Lipinski definition) is 1. The maximum atomic E-state index is 11.9. The van der Waals surface area contributed by atoms with Crippen LogP contribution in [0.5, 0.6) is 5.75 Å². The highest BCUT2D eigenvalue weighted by Gasteiger charge is 2.22. The molecule has 20 heavy (non-hydrogen) atoms. The Hall–Kier alpha value is -2.08. The fraction of sp³-hybridized carbons (Fsp3) is 0.429. The maximum absolute atomic E-state index is 11.9. The van der Waals surface area contributed by atoms with Gasteiger partial charge in [-0.1, -0.05) is 18.2 Å².